The van der Waals surface area contributed by atoms with Crippen molar-refractivity contribution in [1.82, 2.24) is 14.1 Å². The highest BCUT2D eigenvalue weighted by Crippen LogP contribution is 2.47. The Morgan fingerprint density at radius 1 is 1.10 bits per heavy atom. The molecule has 8 nitrogen and oxygen atoms in total. The third-order valence-corrected chi connectivity index (χ3v) is 8.27. The highest BCUT2D eigenvalue weighted by atomic mass is 35.5. The summed E-state index contributed by atoms with van der Waals surface area (Å²) in [6.07, 6.45) is -0.639. The number of nitrogens with zero attached hydrogens (tertiary/aromatic N) is 2. The molecule has 5 aromatic rings. The molecule has 0 saturated carbocycles. The summed E-state index contributed by atoms with van der Waals surface area (Å²) in [4.78, 5) is 42.4. The van der Waals surface area contributed by atoms with E-state index in [0.717, 1.165) is 21.3 Å². The number of nitrogens with one attached hydrogen (secondary N) is 1. The average Bonchev–Trinajstić information content (AvgIpc) is 3.30. The lowest BCUT2D eigenvalue weighted by Crippen LogP contribution is -2.38. The number of halogens is 3. The van der Waals surface area contributed by atoms with Crippen molar-refractivity contribution in [2.24, 2.45) is 12.8 Å². The zero-order chi connectivity index (χ0) is 30.2. The quantitative estimate of drug-likeness (QED) is 0.284. The number of amides is 1. The van der Waals surface area contributed by atoms with Gasteiger partial charge in [-0.15, -0.1) is 0 Å². The van der Waals surface area contributed by atoms with Crippen molar-refractivity contribution in [2.45, 2.75) is 31.5 Å². The number of rotatable bonds is 4. The van der Waals surface area contributed by atoms with Gasteiger partial charge >= 0.3 is 5.69 Å². The van der Waals surface area contributed by atoms with Crippen molar-refractivity contribution >= 4 is 44.9 Å². The van der Waals surface area contributed by atoms with Crippen LogP contribution in [0.1, 0.15) is 42.1 Å². The predicted octanol–water partition coefficient (Wildman–Crippen LogP) is 4.54. The molecule has 2 atom stereocenters. The fourth-order valence-electron chi connectivity index (χ4n) is 5.81. The third kappa shape index (κ3) is 4.01. The minimum absolute atomic E-state index is 0.00601. The summed E-state index contributed by atoms with van der Waals surface area (Å²) in [6, 6.07) is 13.6. The number of hydrogen-bond donors (Lipinski definition) is 3. The van der Waals surface area contributed by atoms with Crippen molar-refractivity contribution in [3.8, 4) is 5.69 Å². The molecular weight excluding hydrogens is 566 g/mol. The maximum atomic E-state index is 16.1. The molecule has 0 radical (unpaired) electrons. The van der Waals surface area contributed by atoms with E-state index in [2.05, 4.69) is 4.98 Å². The largest absolute Gasteiger partial charge is 0.386 e. The molecule has 6 rings (SSSR count). The highest BCUT2D eigenvalue weighted by Gasteiger charge is 2.37. The molecule has 0 fully saturated rings. The van der Waals surface area contributed by atoms with Gasteiger partial charge < -0.3 is 15.8 Å². The van der Waals surface area contributed by atoms with E-state index < -0.39 is 40.7 Å². The van der Waals surface area contributed by atoms with Crippen LogP contribution in [0.2, 0.25) is 5.02 Å². The normalized spacial score (nSPS) is 17.0. The molecule has 2 unspecified atom stereocenters. The summed E-state index contributed by atoms with van der Waals surface area (Å²) >= 11 is 6.89. The second-order valence-electron chi connectivity index (χ2n) is 10.9. The number of aromatic nitrogens is 3. The lowest BCUT2D eigenvalue weighted by Gasteiger charge is -2.27. The van der Waals surface area contributed by atoms with Crippen LogP contribution in [-0.2, 0) is 17.4 Å². The first-order valence-corrected chi connectivity index (χ1v) is 13.4. The van der Waals surface area contributed by atoms with Crippen LogP contribution in [0, 0.1) is 5.82 Å². The van der Waals surface area contributed by atoms with E-state index in [-0.39, 0.29) is 32.7 Å². The molecule has 1 aliphatic carbocycles. The molecule has 0 aliphatic heterocycles. The Morgan fingerprint density at radius 3 is 2.50 bits per heavy atom. The number of hydrogen-bond acceptors (Lipinski definition) is 4. The summed E-state index contributed by atoms with van der Waals surface area (Å²) in [5, 5.41) is 11.0. The number of carbonyl (C=O) groups excluding carboxylic acids is 1. The van der Waals surface area contributed by atoms with Crippen LogP contribution in [0.3, 0.4) is 0 Å². The van der Waals surface area contributed by atoms with Crippen LogP contribution in [-0.4, -0.2) is 31.3 Å². The van der Waals surface area contributed by atoms with E-state index in [4.69, 9.17) is 17.3 Å². The first kappa shape index (κ1) is 27.6. The lowest BCUT2D eigenvalue weighted by atomic mass is 9.79. The van der Waals surface area contributed by atoms with Gasteiger partial charge in [-0.2, -0.15) is 0 Å². The molecule has 2 heterocycles. The first-order chi connectivity index (χ1) is 19.8. The van der Waals surface area contributed by atoms with Gasteiger partial charge in [0.1, 0.15) is 12.0 Å². The van der Waals surface area contributed by atoms with Gasteiger partial charge in [-0.3, -0.25) is 14.2 Å². The maximum absolute atomic E-state index is 16.1. The number of carbonyl (C=O) groups is 1. The lowest BCUT2D eigenvalue weighted by molar-refractivity contribution is -0.112. The molecule has 11 heteroatoms. The molecule has 0 bridgehead atoms. The van der Waals surface area contributed by atoms with Gasteiger partial charge in [0.2, 0.25) is 0 Å². The van der Waals surface area contributed by atoms with Crippen molar-refractivity contribution in [3.05, 3.63) is 115 Å². The van der Waals surface area contributed by atoms with E-state index in [1.54, 1.807) is 44.2 Å². The zero-order valence-electron chi connectivity index (χ0n) is 22.7. The number of primary amides is 1. The second kappa shape index (κ2) is 9.50. The van der Waals surface area contributed by atoms with Crippen LogP contribution < -0.4 is 17.0 Å². The van der Waals surface area contributed by atoms with Gasteiger partial charge in [-0.25, -0.2) is 18.1 Å². The number of aryl methyl sites for hydroxylation is 1. The number of H-pyrrole nitrogens is 1. The number of aliphatic hydroxyl groups is 1. The van der Waals surface area contributed by atoms with Gasteiger partial charge in [0, 0.05) is 23.9 Å². The first-order valence-electron chi connectivity index (χ1n) is 13.0. The molecule has 0 spiro atoms. The zero-order valence-corrected chi connectivity index (χ0v) is 23.5. The summed E-state index contributed by atoms with van der Waals surface area (Å²) in [5.41, 5.74) is 4.76. The number of fused-ring (bicyclic) bond motifs is 4. The molecule has 2 aromatic heterocycles. The third-order valence-electron chi connectivity index (χ3n) is 7.85. The number of benzene rings is 3. The van der Waals surface area contributed by atoms with Crippen molar-refractivity contribution < 1.29 is 18.7 Å². The summed E-state index contributed by atoms with van der Waals surface area (Å²) in [6.45, 7) is 3.26. The maximum Gasteiger partial charge on any atom is 0.336 e. The van der Waals surface area contributed by atoms with Crippen molar-refractivity contribution in [2.75, 3.05) is 0 Å². The highest BCUT2D eigenvalue weighted by molar-refractivity contribution is 6.33. The number of alkyl halides is 1. The second-order valence-corrected chi connectivity index (χ2v) is 11.3. The van der Waals surface area contributed by atoms with E-state index in [9.17, 15) is 23.9 Å². The Balaban J connectivity index is 1.62. The van der Waals surface area contributed by atoms with Crippen molar-refractivity contribution in [3.63, 3.8) is 0 Å². The Kier molecular flexibility index (Phi) is 6.25. The van der Waals surface area contributed by atoms with E-state index in [1.807, 2.05) is 0 Å². The topological polar surface area (TPSA) is 123 Å². The Labute approximate surface area is 242 Å². The van der Waals surface area contributed by atoms with Crippen LogP contribution in [0.25, 0.3) is 33.1 Å². The molecule has 1 amide bonds. The molecular formula is C31H25ClF2N4O4. The van der Waals surface area contributed by atoms with Crippen LogP contribution in [0.5, 0.6) is 0 Å². The molecule has 0 saturated heterocycles. The molecule has 42 heavy (non-hydrogen) atoms. The van der Waals surface area contributed by atoms with Gasteiger partial charge in [-0.1, -0.05) is 41.9 Å². The van der Waals surface area contributed by atoms with Gasteiger partial charge in [0.15, 0.2) is 0 Å². The van der Waals surface area contributed by atoms with Crippen LogP contribution in [0.15, 0.2) is 70.3 Å². The van der Waals surface area contributed by atoms with Crippen molar-refractivity contribution in [1.29, 1.82) is 0 Å². The standard InChI is InChI=1S/C31H25ClF2N4O4/c1-31(2,42)14-10-11-15-21(12-14)36-26-18(28(35)39)13-20(34)23(24(15)26)16-6-5-9-22(25(16)32)38-29(40)17-7-4-8-19(33)27(17)37(3)30(38)41/h4-13,20,23,36,42H,1-3H3,(H2,35,39). The van der Waals surface area contributed by atoms with Gasteiger partial charge in [-0.05, 0) is 60.9 Å². The van der Waals surface area contributed by atoms with E-state index >= 15 is 4.39 Å². The number of para-hydroxylation sites is 1. The fraction of sp³-hybridized carbons (Fsp3) is 0.194. The summed E-state index contributed by atoms with van der Waals surface area (Å²) < 4.78 is 32.5. The SMILES string of the molecule is Cn1c(=O)n(-c2cccc(C3c4c([nH]c5cc(C(C)(C)O)ccc45)C(C(N)=O)=CC3F)c2Cl)c(=O)c2cccc(F)c21. The van der Waals surface area contributed by atoms with E-state index in [1.165, 1.54) is 25.2 Å². The summed E-state index contributed by atoms with van der Waals surface area (Å²) in [7, 11) is 1.34. The number of aromatic amines is 1. The monoisotopic (exact) mass is 590 g/mol. The molecule has 4 N–H and O–H groups in total. The average molecular weight is 591 g/mol. The Morgan fingerprint density at radius 2 is 1.81 bits per heavy atom. The van der Waals surface area contributed by atoms with Crippen LogP contribution >= 0.6 is 11.6 Å². The minimum atomic E-state index is -1.76. The summed E-state index contributed by atoms with van der Waals surface area (Å²) in [5.74, 6) is -2.62. The minimum Gasteiger partial charge on any atom is -0.386 e. The van der Waals surface area contributed by atoms with Crippen LogP contribution in [0.4, 0.5) is 8.78 Å². The number of allylic oxidation sites excluding steroid dienone is 1. The fourth-order valence-corrected chi connectivity index (χ4v) is 6.14. The molecule has 3 aromatic carbocycles. The Bertz CT molecular complexity index is 2120. The van der Waals surface area contributed by atoms with E-state index in [0.29, 0.717) is 27.7 Å². The Hall–Kier alpha value is -4.54. The molecule has 214 valence electrons. The van der Waals surface area contributed by atoms with Gasteiger partial charge in [0.25, 0.3) is 11.5 Å². The number of nitrogens with two attached hydrogens (primary N) is 1. The van der Waals surface area contributed by atoms with Gasteiger partial charge in [0.05, 0.1) is 38.5 Å². The smallest absolute Gasteiger partial charge is 0.336 e. The molecule has 1 aliphatic rings. The predicted molar refractivity (Wildman–Crippen MR) is 157 cm³/mol.